The zero-order valence-corrected chi connectivity index (χ0v) is 12.0. The molecule has 122 valence electrons. The van der Waals surface area contributed by atoms with Gasteiger partial charge in [-0.3, -0.25) is 0 Å². The normalized spacial score (nSPS) is 14.6. The first-order valence-electron chi connectivity index (χ1n) is 6.83. The van der Waals surface area contributed by atoms with Crippen LogP contribution in [0.2, 0.25) is 0 Å². The van der Waals surface area contributed by atoms with Gasteiger partial charge in [0.1, 0.15) is 11.5 Å². The van der Waals surface area contributed by atoms with Gasteiger partial charge in [-0.2, -0.15) is 0 Å². The third-order valence-corrected chi connectivity index (χ3v) is 3.32. The van der Waals surface area contributed by atoms with Crippen LogP contribution in [0.1, 0.15) is 35.0 Å². The largest absolute Gasteiger partial charge is 0.573 e. The highest BCUT2D eigenvalue weighted by molar-refractivity contribution is 5.89. The number of alkyl halides is 3. The van der Waals surface area contributed by atoms with Crippen molar-refractivity contribution < 1.29 is 31.9 Å². The first kappa shape index (κ1) is 15.4. The van der Waals surface area contributed by atoms with E-state index in [4.69, 9.17) is 4.42 Å². The SMILES string of the molecule is COC(=O)c1nc(-c2ccccc2OC(F)(F)F)oc1C1CC1. The lowest BCUT2D eigenvalue weighted by atomic mass is 10.2. The van der Waals surface area contributed by atoms with E-state index in [0.29, 0.717) is 5.76 Å². The van der Waals surface area contributed by atoms with Crippen LogP contribution in [0.4, 0.5) is 13.2 Å². The zero-order chi connectivity index (χ0) is 16.6. The van der Waals surface area contributed by atoms with Crippen molar-refractivity contribution in [2.24, 2.45) is 0 Å². The molecule has 0 bridgehead atoms. The zero-order valence-electron chi connectivity index (χ0n) is 12.0. The number of halogens is 3. The Labute approximate surface area is 129 Å². The van der Waals surface area contributed by atoms with E-state index < -0.39 is 18.1 Å². The average molecular weight is 327 g/mol. The first-order chi connectivity index (χ1) is 10.9. The van der Waals surface area contributed by atoms with Crippen molar-refractivity contribution >= 4 is 5.97 Å². The highest BCUT2D eigenvalue weighted by Gasteiger charge is 2.36. The van der Waals surface area contributed by atoms with Gasteiger partial charge in [-0.15, -0.1) is 13.2 Å². The Bertz CT molecular complexity index is 735. The monoisotopic (exact) mass is 327 g/mol. The fourth-order valence-corrected chi connectivity index (χ4v) is 2.17. The smallest absolute Gasteiger partial charge is 0.464 e. The fraction of sp³-hybridized carbons (Fsp3) is 0.333. The van der Waals surface area contributed by atoms with Gasteiger partial charge in [0.05, 0.1) is 12.7 Å². The van der Waals surface area contributed by atoms with E-state index in [-0.39, 0.29) is 23.1 Å². The van der Waals surface area contributed by atoms with Crippen LogP contribution in [0.3, 0.4) is 0 Å². The van der Waals surface area contributed by atoms with E-state index in [0.717, 1.165) is 18.9 Å². The Hall–Kier alpha value is -2.51. The van der Waals surface area contributed by atoms with Gasteiger partial charge in [0, 0.05) is 5.92 Å². The van der Waals surface area contributed by atoms with E-state index in [1.165, 1.54) is 25.3 Å². The number of hydrogen-bond acceptors (Lipinski definition) is 5. The number of carbonyl (C=O) groups excluding carboxylic acids is 1. The molecular weight excluding hydrogens is 315 g/mol. The Morgan fingerprint density at radius 1 is 1.30 bits per heavy atom. The van der Waals surface area contributed by atoms with E-state index >= 15 is 0 Å². The molecule has 0 radical (unpaired) electrons. The third-order valence-electron chi connectivity index (χ3n) is 3.32. The molecule has 3 rings (SSSR count). The van der Waals surface area contributed by atoms with Crippen molar-refractivity contribution in [2.75, 3.05) is 7.11 Å². The molecule has 23 heavy (non-hydrogen) atoms. The summed E-state index contributed by atoms with van der Waals surface area (Å²) in [5.41, 5.74) is 0.00805. The molecule has 0 unspecified atom stereocenters. The molecule has 5 nitrogen and oxygen atoms in total. The van der Waals surface area contributed by atoms with Crippen molar-refractivity contribution in [3.05, 3.63) is 35.7 Å². The summed E-state index contributed by atoms with van der Waals surface area (Å²) >= 11 is 0. The van der Waals surface area contributed by atoms with Gasteiger partial charge >= 0.3 is 12.3 Å². The van der Waals surface area contributed by atoms with Crippen LogP contribution in [0.25, 0.3) is 11.5 Å². The number of rotatable bonds is 4. The van der Waals surface area contributed by atoms with Crippen molar-refractivity contribution in [3.63, 3.8) is 0 Å². The topological polar surface area (TPSA) is 61.6 Å². The third kappa shape index (κ3) is 3.30. The number of nitrogens with zero attached hydrogens (tertiary/aromatic N) is 1. The molecule has 1 aromatic heterocycles. The lowest BCUT2D eigenvalue weighted by Gasteiger charge is -2.11. The summed E-state index contributed by atoms with van der Waals surface area (Å²) < 4.78 is 51.7. The molecule has 0 spiro atoms. The Balaban J connectivity index is 2.04. The maximum atomic E-state index is 12.5. The number of para-hydroxylation sites is 1. The van der Waals surface area contributed by atoms with Gasteiger partial charge in [-0.25, -0.2) is 9.78 Å². The average Bonchev–Trinajstić information content (AvgIpc) is 3.24. The van der Waals surface area contributed by atoms with Crippen LogP contribution in [0.5, 0.6) is 5.75 Å². The van der Waals surface area contributed by atoms with Crippen molar-refractivity contribution in [1.82, 2.24) is 4.98 Å². The summed E-state index contributed by atoms with van der Waals surface area (Å²) in [7, 11) is 1.20. The summed E-state index contributed by atoms with van der Waals surface area (Å²) in [5.74, 6) is -0.849. The minimum absolute atomic E-state index is 0.00758. The van der Waals surface area contributed by atoms with Gasteiger partial charge in [-0.05, 0) is 25.0 Å². The Morgan fingerprint density at radius 2 is 2.00 bits per heavy atom. The van der Waals surface area contributed by atoms with Gasteiger partial charge in [0.2, 0.25) is 5.89 Å². The van der Waals surface area contributed by atoms with Gasteiger partial charge in [-0.1, -0.05) is 12.1 Å². The van der Waals surface area contributed by atoms with E-state index in [1.807, 2.05) is 0 Å². The molecular formula is C15H12F3NO4. The Morgan fingerprint density at radius 3 is 2.61 bits per heavy atom. The predicted octanol–water partition coefficient (Wildman–Crippen LogP) is 3.90. The number of aromatic nitrogens is 1. The summed E-state index contributed by atoms with van der Waals surface area (Å²) in [6, 6.07) is 5.46. The lowest BCUT2D eigenvalue weighted by Crippen LogP contribution is -2.17. The number of benzene rings is 1. The quantitative estimate of drug-likeness (QED) is 0.797. The summed E-state index contributed by atoms with van der Waals surface area (Å²) in [6.07, 6.45) is -3.17. The molecule has 0 aliphatic heterocycles. The summed E-state index contributed by atoms with van der Waals surface area (Å²) in [6.45, 7) is 0. The first-order valence-corrected chi connectivity index (χ1v) is 6.83. The molecule has 2 aromatic rings. The number of carbonyl (C=O) groups is 1. The maximum absolute atomic E-state index is 12.5. The minimum Gasteiger partial charge on any atom is -0.464 e. The lowest BCUT2D eigenvalue weighted by molar-refractivity contribution is -0.274. The van der Waals surface area contributed by atoms with Crippen LogP contribution in [-0.2, 0) is 4.74 Å². The molecule has 1 heterocycles. The van der Waals surface area contributed by atoms with E-state index in [2.05, 4.69) is 14.5 Å². The van der Waals surface area contributed by atoms with Gasteiger partial charge in [0.15, 0.2) is 5.69 Å². The van der Waals surface area contributed by atoms with Crippen molar-refractivity contribution in [3.8, 4) is 17.2 Å². The van der Waals surface area contributed by atoms with Crippen LogP contribution < -0.4 is 4.74 Å². The van der Waals surface area contributed by atoms with Crippen molar-refractivity contribution in [1.29, 1.82) is 0 Å². The molecule has 0 saturated heterocycles. The van der Waals surface area contributed by atoms with E-state index in [1.54, 1.807) is 0 Å². The molecule has 0 atom stereocenters. The highest BCUT2D eigenvalue weighted by Crippen LogP contribution is 2.44. The second-order valence-corrected chi connectivity index (χ2v) is 5.04. The molecule has 1 aromatic carbocycles. The molecule has 1 aliphatic carbocycles. The molecule has 1 aliphatic rings. The van der Waals surface area contributed by atoms with Crippen molar-refractivity contribution in [2.45, 2.75) is 25.1 Å². The van der Waals surface area contributed by atoms with Gasteiger partial charge in [0.25, 0.3) is 0 Å². The number of esters is 1. The number of methoxy groups -OCH3 is 1. The highest BCUT2D eigenvalue weighted by atomic mass is 19.4. The standard InChI is InChI=1S/C15H12F3NO4/c1-21-14(20)11-12(8-6-7-8)22-13(19-11)9-4-2-3-5-10(9)23-15(16,17)18/h2-5,8H,6-7H2,1H3. The second kappa shape index (κ2) is 5.60. The Kier molecular flexibility index (Phi) is 3.75. The number of oxazole rings is 1. The van der Waals surface area contributed by atoms with Crippen LogP contribution in [0.15, 0.2) is 28.7 Å². The fourth-order valence-electron chi connectivity index (χ4n) is 2.17. The number of hydrogen-bond donors (Lipinski definition) is 0. The minimum atomic E-state index is -4.84. The molecule has 0 N–H and O–H groups in total. The maximum Gasteiger partial charge on any atom is 0.573 e. The summed E-state index contributed by atoms with van der Waals surface area (Å²) in [5, 5.41) is 0. The second-order valence-electron chi connectivity index (χ2n) is 5.04. The van der Waals surface area contributed by atoms with Crippen LogP contribution >= 0.6 is 0 Å². The predicted molar refractivity (Wildman–Crippen MR) is 71.9 cm³/mol. The summed E-state index contributed by atoms with van der Waals surface area (Å²) in [4.78, 5) is 15.8. The van der Waals surface area contributed by atoms with Crippen LogP contribution in [-0.4, -0.2) is 24.4 Å². The van der Waals surface area contributed by atoms with Crippen LogP contribution in [0, 0.1) is 0 Å². The van der Waals surface area contributed by atoms with E-state index in [9.17, 15) is 18.0 Å². The molecule has 8 heteroatoms. The number of ether oxygens (including phenoxy) is 2. The molecule has 1 saturated carbocycles. The molecule has 0 amide bonds. The molecule has 1 fully saturated rings. The van der Waals surface area contributed by atoms with Gasteiger partial charge < -0.3 is 13.9 Å².